The second-order valence-electron chi connectivity index (χ2n) is 5.22. The van der Waals surface area contributed by atoms with E-state index in [1.807, 2.05) is 25.1 Å². The zero-order valence-electron chi connectivity index (χ0n) is 12.9. The normalized spacial score (nSPS) is 12.0. The van der Waals surface area contributed by atoms with Gasteiger partial charge in [-0.3, -0.25) is 0 Å². The van der Waals surface area contributed by atoms with Crippen LogP contribution in [0, 0.1) is 13.8 Å². The number of hydrogen-bond donors (Lipinski definition) is 2. The quantitative estimate of drug-likeness (QED) is 0.813. The highest BCUT2D eigenvalue weighted by atomic mass is 79.9. The summed E-state index contributed by atoms with van der Waals surface area (Å²) in [5.41, 5.74) is 2.21. The minimum atomic E-state index is 0.390. The van der Waals surface area contributed by atoms with E-state index in [-0.39, 0.29) is 0 Å². The van der Waals surface area contributed by atoms with Gasteiger partial charge in [-0.05, 0) is 51.0 Å². The minimum absolute atomic E-state index is 0.390. The van der Waals surface area contributed by atoms with Crippen LogP contribution < -0.4 is 10.6 Å². The summed E-state index contributed by atoms with van der Waals surface area (Å²) < 4.78 is 1.07. The standard InChI is InChI=1S/C16H21BrN4/c1-5-11(3)18-15-9-16(20-12(4)19-15)21-14-7-6-13(17)8-10(14)2/h6-9,11H,5H2,1-4H3,(H2,18,19,20,21). The van der Waals surface area contributed by atoms with Crippen LogP contribution in [0.3, 0.4) is 0 Å². The van der Waals surface area contributed by atoms with E-state index in [0.29, 0.717) is 6.04 Å². The van der Waals surface area contributed by atoms with Gasteiger partial charge in [-0.15, -0.1) is 0 Å². The third-order valence-electron chi connectivity index (χ3n) is 3.30. The van der Waals surface area contributed by atoms with Crippen LogP contribution in [-0.2, 0) is 0 Å². The molecule has 4 nitrogen and oxygen atoms in total. The van der Waals surface area contributed by atoms with Crippen LogP contribution >= 0.6 is 15.9 Å². The van der Waals surface area contributed by atoms with Crippen LogP contribution in [0.4, 0.5) is 17.3 Å². The van der Waals surface area contributed by atoms with Crippen molar-refractivity contribution in [2.45, 2.75) is 40.2 Å². The van der Waals surface area contributed by atoms with Crippen molar-refractivity contribution >= 4 is 33.3 Å². The first-order valence-electron chi connectivity index (χ1n) is 7.13. The topological polar surface area (TPSA) is 49.8 Å². The summed E-state index contributed by atoms with van der Waals surface area (Å²) in [6.45, 7) is 8.26. The van der Waals surface area contributed by atoms with Crippen LogP contribution in [0.15, 0.2) is 28.7 Å². The summed E-state index contributed by atoms with van der Waals surface area (Å²) in [6, 6.07) is 8.47. The van der Waals surface area contributed by atoms with Crippen molar-refractivity contribution in [3.8, 4) is 0 Å². The molecule has 2 rings (SSSR count). The van der Waals surface area contributed by atoms with Gasteiger partial charge in [0.05, 0.1) is 0 Å². The molecule has 0 saturated heterocycles. The Morgan fingerprint density at radius 1 is 1.14 bits per heavy atom. The highest BCUT2D eigenvalue weighted by molar-refractivity contribution is 9.10. The molecular formula is C16H21BrN4. The number of nitrogens with one attached hydrogen (secondary N) is 2. The largest absolute Gasteiger partial charge is 0.367 e. The number of aryl methyl sites for hydroxylation is 2. The lowest BCUT2D eigenvalue weighted by Gasteiger charge is -2.15. The predicted molar refractivity (Wildman–Crippen MR) is 92.3 cm³/mol. The number of benzene rings is 1. The van der Waals surface area contributed by atoms with Gasteiger partial charge in [-0.25, -0.2) is 9.97 Å². The number of nitrogens with zero attached hydrogens (tertiary/aromatic N) is 2. The Kier molecular flexibility index (Phi) is 5.17. The molecule has 0 radical (unpaired) electrons. The first-order chi connectivity index (χ1) is 9.97. The fourth-order valence-corrected chi connectivity index (χ4v) is 2.44. The van der Waals surface area contributed by atoms with Crippen molar-refractivity contribution in [1.82, 2.24) is 9.97 Å². The maximum atomic E-state index is 4.45. The number of hydrogen-bond acceptors (Lipinski definition) is 4. The van der Waals surface area contributed by atoms with E-state index >= 15 is 0 Å². The van der Waals surface area contributed by atoms with Crippen molar-refractivity contribution in [3.05, 3.63) is 40.1 Å². The molecule has 0 aliphatic rings. The molecule has 0 spiro atoms. The van der Waals surface area contributed by atoms with E-state index in [1.54, 1.807) is 0 Å². The summed E-state index contributed by atoms with van der Waals surface area (Å²) in [6.07, 6.45) is 1.05. The second kappa shape index (κ2) is 6.89. The van der Waals surface area contributed by atoms with E-state index in [9.17, 15) is 0 Å². The molecule has 0 saturated carbocycles. The molecule has 0 amide bonds. The minimum Gasteiger partial charge on any atom is -0.367 e. The summed E-state index contributed by atoms with van der Waals surface area (Å²) >= 11 is 3.48. The fourth-order valence-electron chi connectivity index (χ4n) is 1.97. The maximum absolute atomic E-state index is 4.45. The van der Waals surface area contributed by atoms with Crippen LogP contribution in [0.25, 0.3) is 0 Å². The van der Waals surface area contributed by atoms with E-state index in [1.165, 1.54) is 0 Å². The Labute approximate surface area is 134 Å². The molecule has 1 heterocycles. The zero-order chi connectivity index (χ0) is 15.4. The van der Waals surface area contributed by atoms with Crippen molar-refractivity contribution in [3.63, 3.8) is 0 Å². The lowest BCUT2D eigenvalue weighted by atomic mass is 10.2. The third kappa shape index (κ3) is 4.43. The first-order valence-corrected chi connectivity index (χ1v) is 7.92. The molecule has 1 aromatic carbocycles. The Balaban J connectivity index is 2.23. The number of halogens is 1. The molecule has 1 unspecified atom stereocenters. The molecule has 0 bridgehead atoms. The Morgan fingerprint density at radius 3 is 2.52 bits per heavy atom. The predicted octanol–water partition coefficient (Wildman–Crippen LogP) is 4.81. The summed E-state index contributed by atoms with van der Waals surface area (Å²) in [4.78, 5) is 8.88. The van der Waals surface area contributed by atoms with E-state index in [0.717, 1.165) is 39.6 Å². The van der Waals surface area contributed by atoms with Gasteiger partial charge in [0.2, 0.25) is 0 Å². The second-order valence-corrected chi connectivity index (χ2v) is 6.14. The molecule has 2 N–H and O–H groups in total. The van der Waals surface area contributed by atoms with E-state index in [2.05, 4.69) is 63.4 Å². The van der Waals surface area contributed by atoms with Crippen molar-refractivity contribution in [2.75, 3.05) is 10.6 Å². The van der Waals surface area contributed by atoms with Crippen molar-refractivity contribution in [2.24, 2.45) is 0 Å². The molecule has 0 aliphatic heterocycles. The SMILES string of the molecule is CCC(C)Nc1cc(Nc2ccc(Br)cc2C)nc(C)n1. The lowest BCUT2D eigenvalue weighted by Crippen LogP contribution is -2.15. The average Bonchev–Trinajstić information content (AvgIpc) is 2.41. The zero-order valence-corrected chi connectivity index (χ0v) is 14.5. The van der Waals surface area contributed by atoms with Gasteiger partial charge in [-0.2, -0.15) is 0 Å². The van der Waals surface area contributed by atoms with Crippen molar-refractivity contribution < 1.29 is 0 Å². The first kappa shape index (κ1) is 15.8. The fraction of sp³-hybridized carbons (Fsp3) is 0.375. The molecule has 0 aliphatic carbocycles. The molecule has 2 aromatic rings. The third-order valence-corrected chi connectivity index (χ3v) is 3.79. The van der Waals surface area contributed by atoms with Gasteiger partial charge in [0.1, 0.15) is 17.5 Å². The molecule has 112 valence electrons. The Bertz CT molecular complexity index is 628. The monoisotopic (exact) mass is 348 g/mol. The average molecular weight is 349 g/mol. The lowest BCUT2D eigenvalue weighted by molar-refractivity contribution is 0.757. The summed E-state index contributed by atoms with van der Waals surface area (Å²) in [7, 11) is 0. The van der Waals surface area contributed by atoms with Crippen LogP contribution in [0.1, 0.15) is 31.7 Å². The van der Waals surface area contributed by atoms with E-state index < -0.39 is 0 Å². The Hall–Kier alpha value is -1.62. The van der Waals surface area contributed by atoms with Gasteiger partial charge in [0, 0.05) is 22.3 Å². The van der Waals surface area contributed by atoms with Crippen LogP contribution in [0.5, 0.6) is 0 Å². The van der Waals surface area contributed by atoms with Crippen LogP contribution in [0.2, 0.25) is 0 Å². The van der Waals surface area contributed by atoms with Gasteiger partial charge >= 0.3 is 0 Å². The Morgan fingerprint density at radius 2 is 1.86 bits per heavy atom. The van der Waals surface area contributed by atoms with Gasteiger partial charge in [0.15, 0.2) is 0 Å². The molecule has 0 fully saturated rings. The molecule has 1 aromatic heterocycles. The summed E-state index contributed by atoms with van der Waals surface area (Å²) in [5, 5.41) is 6.74. The van der Waals surface area contributed by atoms with Crippen molar-refractivity contribution in [1.29, 1.82) is 0 Å². The highest BCUT2D eigenvalue weighted by Gasteiger charge is 2.06. The maximum Gasteiger partial charge on any atom is 0.136 e. The summed E-state index contributed by atoms with van der Waals surface area (Å²) in [5.74, 6) is 2.41. The number of rotatable bonds is 5. The highest BCUT2D eigenvalue weighted by Crippen LogP contribution is 2.24. The molecule has 5 heteroatoms. The van der Waals surface area contributed by atoms with E-state index in [4.69, 9.17) is 0 Å². The molecule has 1 atom stereocenters. The van der Waals surface area contributed by atoms with Gasteiger partial charge < -0.3 is 10.6 Å². The van der Waals surface area contributed by atoms with Gasteiger partial charge in [0.25, 0.3) is 0 Å². The van der Waals surface area contributed by atoms with Crippen LogP contribution in [-0.4, -0.2) is 16.0 Å². The number of aromatic nitrogens is 2. The number of anilines is 3. The molecular weight excluding hydrogens is 328 g/mol. The van der Waals surface area contributed by atoms with Gasteiger partial charge in [-0.1, -0.05) is 22.9 Å². The smallest absolute Gasteiger partial charge is 0.136 e. The molecule has 21 heavy (non-hydrogen) atoms.